The molecule has 0 aliphatic heterocycles. The Balaban J connectivity index is 1.83. The molecule has 0 radical (unpaired) electrons. The molecule has 5 heteroatoms. The van der Waals surface area contributed by atoms with Gasteiger partial charge in [-0.15, -0.1) is 0 Å². The number of hydrogen-bond acceptors (Lipinski definition) is 5. The minimum atomic E-state index is 0.415. The molecule has 0 amide bonds. The molecule has 0 aliphatic rings. The molecule has 0 fully saturated rings. The zero-order chi connectivity index (χ0) is 15.5. The number of fused-ring (bicyclic) bond motifs is 1. The quantitative estimate of drug-likeness (QED) is 0.798. The largest absolute Gasteiger partial charge is 0.384 e. The van der Waals surface area contributed by atoms with Gasteiger partial charge in [-0.1, -0.05) is 23.4 Å². The van der Waals surface area contributed by atoms with Crippen LogP contribution in [-0.2, 0) is 6.42 Å². The number of benzene rings is 1. The number of pyridine rings is 1. The lowest BCUT2D eigenvalue weighted by Crippen LogP contribution is -2.07. The maximum absolute atomic E-state index is 9.11. The van der Waals surface area contributed by atoms with Crippen LogP contribution in [0.2, 0.25) is 0 Å². The first-order valence-corrected chi connectivity index (χ1v) is 7.14. The fourth-order valence-corrected chi connectivity index (χ4v) is 2.56. The molecule has 1 aromatic carbocycles. The number of rotatable bonds is 4. The third kappa shape index (κ3) is 2.63. The number of aromatic nitrogens is 2. The van der Waals surface area contributed by atoms with Crippen molar-refractivity contribution >= 4 is 16.6 Å². The first kappa shape index (κ1) is 14.1. The van der Waals surface area contributed by atoms with Crippen LogP contribution >= 0.6 is 0 Å². The normalized spacial score (nSPS) is 10.6. The lowest BCUT2D eigenvalue weighted by atomic mass is 10.1. The van der Waals surface area contributed by atoms with Crippen molar-refractivity contribution in [3.8, 4) is 6.07 Å². The Labute approximate surface area is 128 Å². The van der Waals surface area contributed by atoms with Crippen molar-refractivity contribution in [3.63, 3.8) is 0 Å². The molecule has 0 spiro atoms. The summed E-state index contributed by atoms with van der Waals surface area (Å²) in [6, 6.07) is 11.7. The highest BCUT2D eigenvalue weighted by Crippen LogP contribution is 2.23. The van der Waals surface area contributed by atoms with E-state index in [1.54, 1.807) is 6.07 Å². The summed E-state index contributed by atoms with van der Waals surface area (Å²) in [6.45, 7) is 4.61. The minimum Gasteiger partial charge on any atom is -0.384 e. The van der Waals surface area contributed by atoms with Gasteiger partial charge in [-0.25, -0.2) is 4.98 Å². The molecule has 0 saturated heterocycles. The Morgan fingerprint density at radius 1 is 1.27 bits per heavy atom. The summed E-state index contributed by atoms with van der Waals surface area (Å²) in [5.41, 5.74) is 4.22. The maximum atomic E-state index is 9.11. The maximum Gasteiger partial charge on any atom is 0.143 e. The molecular weight excluding hydrogens is 276 g/mol. The highest BCUT2D eigenvalue weighted by Gasteiger charge is 2.09. The van der Waals surface area contributed by atoms with E-state index in [4.69, 9.17) is 9.78 Å². The van der Waals surface area contributed by atoms with Gasteiger partial charge in [0.1, 0.15) is 17.5 Å². The summed E-state index contributed by atoms with van der Waals surface area (Å²) in [7, 11) is 0. The van der Waals surface area contributed by atoms with E-state index in [2.05, 4.69) is 21.5 Å². The van der Waals surface area contributed by atoms with Crippen molar-refractivity contribution in [2.75, 3.05) is 11.9 Å². The van der Waals surface area contributed by atoms with Crippen LogP contribution in [-0.4, -0.2) is 16.7 Å². The van der Waals surface area contributed by atoms with E-state index in [0.29, 0.717) is 5.69 Å². The molecule has 3 aromatic rings. The van der Waals surface area contributed by atoms with Crippen LogP contribution in [0.5, 0.6) is 0 Å². The number of nitrogens with zero attached hydrogens (tertiary/aromatic N) is 3. The van der Waals surface area contributed by atoms with Crippen molar-refractivity contribution in [2.24, 2.45) is 0 Å². The predicted octanol–water partition coefficient (Wildman–Crippen LogP) is 3.37. The van der Waals surface area contributed by atoms with Crippen LogP contribution < -0.4 is 5.32 Å². The van der Waals surface area contributed by atoms with Gasteiger partial charge in [0.05, 0.1) is 11.2 Å². The Bertz CT molecular complexity index is 841. The van der Waals surface area contributed by atoms with E-state index in [-0.39, 0.29) is 0 Å². The molecule has 5 nitrogen and oxygen atoms in total. The van der Waals surface area contributed by atoms with Crippen molar-refractivity contribution < 1.29 is 4.52 Å². The summed E-state index contributed by atoms with van der Waals surface area (Å²) in [5, 5.41) is 17.5. The number of nitriles is 1. The van der Waals surface area contributed by atoms with Gasteiger partial charge in [-0.3, -0.25) is 0 Å². The smallest absolute Gasteiger partial charge is 0.143 e. The SMILES string of the molecule is Cc1noc(C)c1CCNc1cc(C#N)nc2ccccc12. The van der Waals surface area contributed by atoms with Gasteiger partial charge in [-0.05, 0) is 32.4 Å². The topological polar surface area (TPSA) is 74.7 Å². The second kappa shape index (κ2) is 5.86. The van der Waals surface area contributed by atoms with Crippen molar-refractivity contribution in [3.05, 3.63) is 53.0 Å². The monoisotopic (exact) mass is 292 g/mol. The number of nitrogens with one attached hydrogen (secondary N) is 1. The summed E-state index contributed by atoms with van der Waals surface area (Å²) >= 11 is 0. The molecule has 0 bridgehead atoms. The standard InChI is InChI=1S/C17H16N4O/c1-11-14(12(2)22-21-11)7-8-19-17-9-13(10-18)20-16-6-4-3-5-15(16)17/h3-6,9H,7-8H2,1-2H3,(H,19,20). The van der Waals surface area contributed by atoms with Crippen molar-refractivity contribution in [1.29, 1.82) is 5.26 Å². The average molecular weight is 292 g/mol. The zero-order valence-electron chi connectivity index (χ0n) is 12.6. The third-order valence-electron chi connectivity index (χ3n) is 3.70. The van der Waals surface area contributed by atoms with E-state index in [0.717, 1.165) is 46.6 Å². The van der Waals surface area contributed by atoms with Crippen molar-refractivity contribution in [2.45, 2.75) is 20.3 Å². The Morgan fingerprint density at radius 3 is 2.82 bits per heavy atom. The van der Waals surface area contributed by atoms with Gasteiger partial charge in [0.15, 0.2) is 0 Å². The van der Waals surface area contributed by atoms with Crippen molar-refractivity contribution in [1.82, 2.24) is 10.1 Å². The lowest BCUT2D eigenvalue weighted by Gasteiger charge is -2.10. The number of aryl methyl sites for hydroxylation is 2. The first-order valence-electron chi connectivity index (χ1n) is 7.14. The fraction of sp³-hybridized carbons (Fsp3) is 0.235. The molecule has 0 unspecified atom stereocenters. The van der Waals surface area contributed by atoms with E-state index in [1.807, 2.05) is 38.1 Å². The van der Waals surface area contributed by atoms with E-state index >= 15 is 0 Å². The third-order valence-corrected chi connectivity index (χ3v) is 3.70. The van der Waals surface area contributed by atoms with Crippen LogP contribution in [0.3, 0.4) is 0 Å². The Morgan fingerprint density at radius 2 is 2.09 bits per heavy atom. The van der Waals surface area contributed by atoms with E-state index < -0.39 is 0 Å². The molecule has 22 heavy (non-hydrogen) atoms. The Hall–Kier alpha value is -2.87. The van der Waals surface area contributed by atoms with Crippen LogP contribution in [0.25, 0.3) is 10.9 Å². The summed E-state index contributed by atoms with van der Waals surface area (Å²) in [4.78, 5) is 4.31. The fourth-order valence-electron chi connectivity index (χ4n) is 2.56. The van der Waals surface area contributed by atoms with Gasteiger partial charge >= 0.3 is 0 Å². The van der Waals surface area contributed by atoms with Gasteiger partial charge in [-0.2, -0.15) is 5.26 Å². The first-order chi connectivity index (χ1) is 10.7. The molecular formula is C17H16N4O. The molecule has 0 saturated carbocycles. The second-order valence-corrected chi connectivity index (χ2v) is 5.16. The average Bonchev–Trinajstić information content (AvgIpc) is 2.86. The van der Waals surface area contributed by atoms with Gasteiger partial charge < -0.3 is 9.84 Å². The molecule has 1 N–H and O–H groups in total. The second-order valence-electron chi connectivity index (χ2n) is 5.16. The zero-order valence-corrected chi connectivity index (χ0v) is 12.6. The highest BCUT2D eigenvalue weighted by atomic mass is 16.5. The minimum absolute atomic E-state index is 0.415. The molecule has 2 heterocycles. The lowest BCUT2D eigenvalue weighted by molar-refractivity contribution is 0.392. The summed E-state index contributed by atoms with van der Waals surface area (Å²) in [5.74, 6) is 0.858. The molecule has 0 atom stereocenters. The Kier molecular flexibility index (Phi) is 3.75. The number of hydrogen-bond donors (Lipinski definition) is 1. The van der Waals surface area contributed by atoms with Gasteiger partial charge in [0.25, 0.3) is 0 Å². The van der Waals surface area contributed by atoms with Gasteiger partial charge in [0, 0.05) is 23.2 Å². The van der Waals surface area contributed by atoms with Crippen LogP contribution in [0.15, 0.2) is 34.9 Å². The highest BCUT2D eigenvalue weighted by molar-refractivity contribution is 5.91. The van der Waals surface area contributed by atoms with Crippen LogP contribution in [0.4, 0.5) is 5.69 Å². The van der Waals surface area contributed by atoms with Crippen LogP contribution in [0.1, 0.15) is 22.7 Å². The predicted molar refractivity (Wildman–Crippen MR) is 84.6 cm³/mol. The van der Waals surface area contributed by atoms with Crippen LogP contribution in [0, 0.1) is 25.2 Å². The number of anilines is 1. The number of para-hydroxylation sites is 1. The van der Waals surface area contributed by atoms with E-state index in [9.17, 15) is 0 Å². The van der Waals surface area contributed by atoms with E-state index in [1.165, 1.54) is 0 Å². The summed E-state index contributed by atoms with van der Waals surface area (Å²) < 4.78 is 5.17. The molecule has 3 rings (SSSR count). The molecule has 0 aliphatic carbocycles. The molecule has 110 valence electrons. The summed E-state index contributed by atoms with van der Waals surface area (Å²) in [6.07, 6.45) is 0.819. The molecule has 2 aromatic heterocycles. The van der Waals surface area contributed by atoms with Gasteiger partial charge in [0.2, 0.25) is 0 Å².